The Hall–Kier alpha value is -3.37. The van der Waals surface area contributed by atoms with Crippen LogP contribution >= 0.6 is 11.8 Å². The van der Waals surface area contributed by atoms with Crippen LogP contribution in [0.1, 0.15) is 41.5 Å². The first-order valence-corrected chi connectivity index (χ1v) is 12.5. The van der Waals surface area contributed by atoms with E-state index in [2.05, 4.69) is 83.3 Å². The summed E-state index contributed by atoms with van der Waals surface area (Å²) < 4.78 is 0. The van der Waals surface area contributed by atoms with Crippen LogP contribution in [0, 0.1) is 0 Å². The number of thioether (sulfide) groups is 1. The third-order valence-corrected chi connectivity index (χ3v) is 7.65. The van der Waals surface area contributed by atoms with E-state index in [9.17, 15) is 4.79 Å². The Kier molecular flexibility index (Phi) is 5.03. The molecule has 4 aromatic rings. The highest BCUT2D eigenvalue weighted by Crippen LogP contribution is 2.50. The van der Waals surface area contributed by atoms with E-state index in [4.69, 9.17) is 0 Å². The number of aromatic nitrogens is 1. The third kappa shape index (κ3) is 3.46. The van der Waals surface area contributed by atoms with Crippen LogP contribution < -0.4 is 5.32 Å². The van der Waals surface area contributed by atoms with Crippen LogP contribution in [-0.2, 0) is 4.79 Å². The fourth-order valence-electron chi connectivity index (χ4n) is 5.34. The summed E-state index contributed by atoms with van der Waals surface area (Å²) in [7, 11) is 0. The van der Waals surface area contributed by atoms with Gasteiger partial charge >= 0.3 is 0 Å². The molecule has 2 aliphatic rings. The first kappa shape index (κ1) is 20.3. The Morgan fingerprint density at radius 2 is 1.70 bits per heavy atom. The number of anilines is 1. The van der Waals surface area contributed by atoms with Gasteiger partial charge in [0.15, 0.2) is 5.78 Å². The lowest BCUT2D eigenvalue weighted by molar-refractivity contribution is -0.116. The van der Waals surface area contributed by atoms with Crippen molar-refractivity contribution in [2.24, 2.45) is 0 Å². The van der Waals surface area contributed by atoms with Crippen molar-refractivity contribution in [2.45, 2.75) is 29.7 Å². The molecule has 6 rings (SSSR count). The van der Waals surface area contributed by atoms with Gasteiger partial charge in [0.2, 0.25) is 0 Å². The summed E-state index contributed by atoms with van der Waals surface area (Å²) in [5.41, 5.74) is 7.63. The van der Waals surface area contributed by atoms with E-state index in [1.165, 1.54) is 16.0 Å². The topological polar surface area (TPSA) is 42.0 Å². The lowest BCUT2D eigenvalue weighted by Crippen LogP contribution is -2.29. The Bertz CT molecular complexity index is 1390. The molecule has 3 aromatic carbocycles. The van der Waals surface area contributed by atoms with Gasteiger partial charge in [-0.3, -0.25) is 9.78 Å². The number of pyridine rings is 1. The van der Waals surface area contributed by atoms with Gasteiger partial charge in [-0.15, -0.1) is 11.8 Å². The number of nitrogens with one attached hydrogen (secondary N) is 1. The molecule has 0 saturated carbocycles. The van der Waals surface area contributed by atoms with Gasteiger partial charge < -0.3 is 5.32 Å². The molecule has 0 spiro atoms. The summed E-state index contributed by atoms with van der Waals surface area (Å²) in [6, 6.07) is 27.2. The fraction of sp³-hybridized carbons (Fsp3) is 0.172. The van der Waals surface area contributed by atoms with Crippen LogP contribution in [0.15, 0.2) is 95.5 Å². The number of fused-ring (bicyclic) bond motifs is 4. The standard InChI is InChI=1S/C29H24N2OS/c1-33-21-11-9-19(10-12-21)29-28-23(16-20(17-26(28)32)18-6-3-2-4-7-18)27-22-8-5-15-30-24(22)13-14-25(27)31-29/h2-15,20,29,31H,16-17H2,1H3/t20-,29+/m0/s1. The molecule has 0 unspecified atom stereocenters. The predicted octanol–water partition coefficient (Wildman–Crippen LogP) is 7.02. The summed E-state index contributed by atoms with van der Waals surface area (Å²) in [6.45, 7) is 0. The highest BCUT2D eigenvalue weighted by Gasteiger charge is 2.38. The van der Waals surface area contributed by atoms with Crippen molar-refractivity contribution < 1.29 is 4.79 Å². The first-order chi connectivity index (χ1) is 16.2. The fourth-order valence-corrected chi connectivity index (χ4v) is 5.74. The molecule has 0 bridgehead atoms. The number of hydrogen-bond acceptors (Lipinski definition) is 4. The van der Waals surface area contributed by atoms with Crippen molar-refractivity contribution in [2.75, 3.05) is 11.6 Å². The molecule has 2 heterocycles. The number of rotatable bonds is 3. The average Bonchev–Trinajstić information content (AvgIpc) is 2.88. The van der Waals surface area contributed by atoms with Gasteiger partial charge in [-0.2, -0.15) is 0 Å². The van der Waals surface area contributed by atoms with Crippen LogP contribution in [0.3, 0.4) is 0 Å². The molecule has 3 nitrogen and oxygen atoms in total. The Morgan fingerprint density at radius 1 is 0.879 bits per heavy atom. The summed E-state index contributed by atoms with van der Waals surface area (Å²) >= 11 is 1.73. The van der Waals surface area contributed by atoms with Gasteiger partial charge in [0.1, 0.15) is 0 Å². The molecule has 33 heavy (non-hydrogen) atoms. The van der Waals surface area contributed by atoms with Gasteiger partial charge in [-0.1, -0.05) is 48.5 Å². The number of Topliss-reactive ketones (excluding diaryl/α,β-unsaturated/α-hetero) is 1. The molecular formula is C29H24N2OS. The lowest BCUT2D eigenvalue weighted by atomic mass is 9.72. The van der Waals surface area contributed by atoms with E-state index in [0.717, 1.165) is 39.7 Å². The molecule has 2 atom stereocenters. The maximum Gasteiger partial charge on any atom is 0.162 e. The van der Waals surface area contributed by atoms with Crippen molar-refractivity contribution in [1.29, 1.82) is 0 Å². The van der Waals surface area contributed by atoms with Gasteiger partial charge in [0.05, 0.1) is 11.6 Å². The largest absolute Gasteiger partial charge is 0.373 e. The zero-order valence-corrected chi connectivity index (χ0v) is 19.2. The molecule has 0 amide bonds. The zero-order valence-electron chi connectivity index (χ0n) is 18.4. The maximum atomic E-state index is 13.7. The monoisotopic (exact) mass is 448 g/mol. The SMILES string of the molecule is CSc1ccc([C@H]2Nc3ccc4ncccc4c3C3=C2C(=O)C[C@@H](c2ccccc2)C3)cc1. The van der Waals surface area contributed by atoms with E-state index >= 15 is 0 Å². The van der Waals surface area contributed by atoms with Crippen LogP contribution in [0.2, 0.25) is 0 Å². The normalized spacial score (nSPS) is 19.7. The molecule has 162 valence electrons. The summed E-state index contributed by atoms with van der Waals surface area (Å²) in [5, 5.41) is 4.82. The van der Waals surface area contributed by atoms with Crippen molar-refractivity contribution in [3.63, 3.8) is 0 Å². The highest BCUT2D eigenvalue weighted by atomic mass is 32.2. The highest BCUT2D eigenvalue weighted by molar-refractivity contribution is 7.98. The van der Waals surface area contributed by atoms with E-state index in [1.54, 1.807) is 11.8 Å². The van der Waals surface area contributed by atoms with Crippen LogP contribution in [0.4, 0.5) is 5.69 Å². The third-order valence-electron chi connectivity index (χ3n) is 6.90. The molecule has 1 aliphatic carbocycles. The number of carbonyl (C=O) groups is 1. The number of ketones is 1. The predicted molar refractivity (Wildman–Crippen MR) is 137 cm³/mol. The molecule has 1 aromatic heterocycles. The lowest BCUT2D eigenvalue weighted by Gasteiger charge is -2.37. The van der Waals surface area contributed by atoms with E-state index < -0.39 is 0 Å². The van der Waals surface area contributed by atoms with Gasteiger partial charge in [0.25, 0.3) is 0 Å². The van der Waals surface area contributed by atoms with Gasteiger partial charge in [-0.05, 0) is 65.6 Å². The Labute approximate surface area is 197 Å². The first-order valence-electron chi connectivity index (χ1n) is 11.3. The molecule has 4 heteroatoms. The van der Waals surface area contributed by atoms with E-state index in [1.807, 2.05) is 18.3 Å². The summed E-state index contributed by atoms with van der Waals surface area (Å²) in [5.74, 6) is 0.429. The average molecular weight is 449 g/mol. The number of benzene rings is 3. The van der Waals surface area contributed by atoms with Crippen molar-refractivity contribution in [1.82, 2.24) is 4.98 Å². The minimum Gasteiger partial charge on any atom is -0.373 e. The van der Waals surface area contributed by atoms with Crippen LogP contribution in [0.5, 0.6) is 0 Å². The van der Waals surface area contributed by atoms with Crippen molar-refractivity contribution in [3.8, 4) is 0 Å². The zero-order chi connectivity index (χ0) is 22.4. The van der Waals surface area contributed by atoms with E-state index in [-0.39, 0.29) is 17.7 Å². The second-order valence-electron chi connectivity index (χ2n) is 8.74. The maximum absolute atomic E-state index is 13.7. The van der Waals surface area contributed by atoms with Crippen LogP contribution in [0.25, 0.3) is 16.5 Å². The second-order valence-corrected chi connectivity index (χ2v) is 9.62. The number of carbonyl (C=O) groups excluding carboxylic acids is 1. The smallest absolute Gasteiger partial charge is 0.162 e. The molecule has 1 N–H and O–H groups in total. The molecular weight excluding hydrogens is 424 g/mol. The quantitative estimate of drug-likeness (QED) is 0.342. The number of hydrogen-bond donors (Lipinski definition) is 1. The Morgan fingerprint density at radius 3 is 2.48 bits per heavy atom. The second kappa shape index (κ2) is 8.20. The number of allylic oxidation sites excluding steroid dienone is 1. The summed E-state index contributed by atoms with van der Waals surface area (Å²) in [6.07, 6.45) is 5.31. The van der Waals surface area contributed by atoms with Crippen LogP contribution in [-0.4, -0.2) is 17.0 Å². The summed E-state index contributed by atoms with van der Waals surface area (Å²) in [4.78, 5) is 19.6. The minimum absolute atomic E-state index is 0.137. The molecule has 0 fully saturated rings. The molecule has 0 radical (unpaired) electrons. The number of nitrogens with zero attached hydrogens (tertiary/aromatic N) is 1. The minimum atomic E-state index is -0.137. The molecule has 0 saturated heterocycles. The van der Waals surface area contributed by atoms with Crippen molar-refractivity contribution >= 4 is 39.7 Å². The van der Waals surface area contributed by atoms with E-state index in [0.29, 0.717) is 6.42 Å². The van der Waals surface area contributed by atoms with Gasteiger partial charge in [0, 0.05) is 39.7 Å². The van der Waals surface area contributed by atoms with Gasteiger partial charge in [-0.25, -0.2) is 0 Å². The molecule has 1 aliphatic heterocycles. The Balaban J connectivity index is 1.56. The van der Waals surface area contributed by atoms with Crippen molar-refractivity contribution in [3.05, 3.63) is 107 Å².